The lowest BCUT2D eigenvalue weighted by molar-refractivity contribution is 0.437. The molecule has 0 heterocycles. The van der Waals surface area contributed by atoms with Crippen LogP contribution in [0.5, 0.6) is 5.75 Å². The van der Waals surface area contributed by atoms with Gasteiger partial charge in [0.05, 0.1) is 0 Å². The second-order valence-electron chi connectivity index (χ2n) is 4.79. The Kier molecular flexibility index (Phi) is 4.26. The van der Waals surface area contributed by atoms with Gasteiger partial charge in [-0.05, 0) is 36.0 Å². The van der Waals surface area contributed by atoms with E-state index in [9.17, 15) is 0 Å². The predicted molar refractivity (Wildman–Crippen MR) is 81.9 cm³/mol. The largest absolute Gasteiger partial charge is 0.457 e. The first-order chi connectivity index (χ1) is 9.29. The molecule has 3 atom stereocenters. The Morgan fingerprint density at radius 3 is 2.58 bits per heavy atom. The van der Waals surface area contributed by atoms with Crippen molar-refractivity contribution in [3.05, 3.63) is 60.4 Å². The van der Waals surface area contributed by atoms with E-state index in [4.69, 9.17) is 4.74 Å². The van der Waals surface area contributed by atoms with Crippen molar-refractivity contribution in [1.82, 2.24) is 0 Å². The molecule has 3 rings (SSSR count). The van der Waals surface area contributed by atoms with E-state index in [1.54, 1.807) is 0 Å². The molecule has 1 aromatic rings. The van der Waals surface area contributed by atoms with Gasteiger partial charge < -0.3 is 4.74 Å². The zero-order valence-corrected chi connectivity index (χ0v) is 12.0. The van der Waals surface area contributed by atoms with Crippen LogP contribution in [0, 0.1) is 17.8 Å². The quantitative estimate of drug-likeness (QED) is 0.731. The van der Waals surface area contributed by atoms with Crippen molar-refractivity contribution in [3.8, 4) is 5.75 Å². The summed E-state index contributed by atoms with van der Waals surface area (Å²) in [5, 5.41) is 0. The van der Waals surface area contributed by atoms with Gasteiger partial charge in [-0.3, -0.25) is 0 Å². The van der Waals surface area contributed by atoms with E-state index in [1.165, 1.54) is 0 Å². The maximum absolute atomic E-state index is 5.93. The lowest BCUT2D eigenvalue weighted by atomic mass is 10.1. The molecule has 0 bridgehead atoms. The molecule has 2 aliphatic rings. The van der Waals surface area contributed by atoms with E-state index >= 15 is 0 Å². The van der Waals surface area contributed by atoms with Crippen molar-refractivity contribution < 1.29 is 4.74 Å². The van der Waals surface area contributed by atoms with Crippen LogP contribution in [0.4, 0.5) is 0 Å². The third-order valence-electron chi connectivity index (χ3n) is 3.72. The van der Waals surface area contributed by atoms with Gasteiger partial charge in [-0.1, -0.05) is 57.7 Å². The standard InChI is InChI=1S/C16H16O.C2H6/c1-3-12-6-4-5-7-16(12)17-13-8-9-14-11(2)15(14)10-13;1-2/h3-11,14-15H,1H2,2H3;1-2H3. The summed E-state index contributed by atoms with van der Waals surface area (Å²) >= 11 is 0. The zero-order valence-electron chi connectivity index (χ0n) is 12.0. The molecule has 100 valence electrons. The molecule has 0 aliphatic heterocycles. The second kappa shape index (κ2) is 5.92. The van der Waals surface area contributed by atoms with E-state index in [0.717, 1.165) is 28.9 Å². The SMILES string of the molecule is C=Cc1ccccc1OC1=CC2C(C)C2C=C1.CC. The Morgan fingerprint density at radius 2 is 1.89 bits per heavy atom. The molecule has 0 radical (unpaired) electrons. The zero-order chi connectivity index (χ0) is 13.8. The number of fused-ring (bicyclic) bond motifs is 1. The first-order valence-corrected chi connectivity index (χ1v) is 7.09. The molecule has 2 aliphatic carbocycles. The van der Waals surface area contributed by atoms with E-state index in [1.807, 2.05) is 44.2 Å². The molecule has 19 heavy (non-hydrogen) atoms. The number of rotatable bonds is 3. The maximum atomic E-state index is 5.93. The van der Waals surface area contributed by atoms with Crippen LogP contribution in [0.1, 0.15) is 26.3 Å². The number of hydrogen-bond acceptors (Lipinski definition) is 1. The van der Waals surface area contributed by atoms with Crippen molar-refractivity contribution in [2.24, 2.45) is 17.8 Å². The average Bonchev–Trinajstić information content (AvgIpc) is 3.12. The third kappa shape index (κ3) is 2.81. The molecule has 1 heteroatoms. The van der Waals surface area contributed by atoms with Crippen LogP contribution in [-0.4, -0.2) is 0 Å². The Bertz CT molecular complexity index is 510. The molecular formula is C18H22O. The minimum atomic E-state index is 0.686. The Hall–Kier alpha value is -1.76. The highest BCUT2D eigenvalue weighted by Crippen LogP contribution is 2.50. The summed E-state index contributed by atoms with van der Waals surface area (Å²) in [6, 6.07) is 7.97. The van der Waals surface area contributed by atoms with Crippen LogP contribution < -0.4 is 4.74 Å². The molecule has 1 nitrogen and oxygen atoms in total. The van der Waals surface area contributed by atoms with Gasteiger partial charge in [-0.25, -0.2) is 0 Å². The van der Waals surface area contributed by atoms with Crippen molar-refractivity contribution in [1.29, 1.82) is 0 Å². The molecule has 1 fully saturated rings. The normalized spacial score (nSPS) is 26.5. The third-order valence-corrected chi connectivity index (χ3v) is 3.72. The topological polar surface area (TPSA) is 9.23 Å². The molecule has 0 spiro atoms. The molecular weight excluding hydrogens is 232 g/mol. The smallest absolute Gasteiger partial charge is 0.134 e. The van der Waals surface area contributed by atoms with Gasteiger partial charge in [0.25, 0.3) is 0 Å². The molecule has 0 aromatic heterocycles. The first-order valence-electron chi connectivity index (χ1n) is 7.09. The first kappa shape index (κ1) is 13.7. The van der Waals surface area contributed by atoms with Crippen LogP contribution in [0.25, 0.3) is 6.08 Å². The van der Waals surface area contributed by atoms with E-state index < -0.39 is 0 Å². The van der Waals surface area contributed by atoms with Gasteiger partial charge in [0.2, 0.25) is 0 Å². The maximum Gasteiger partial charge on any atom is 0.134 e. The molecule has 1 saturated carbocycles. The summed E-state index contributed by atoms with van der Waals surface area (Å²) < 4.78 is 5.93. The van der Waals surface area contributed by atoms with Crippen LogP contribution >= 0.6 is 0 Å². The van der Waals surface area contributed by atoms with Crippen molar-refractivity contribution in [2.45, 2.75) is 20.8 Å². The highest BCUT2D eigenvalue weighted by Gasteiger charge is 2.44. The molecule has 0 N–H and O–H groups in total. The van der Waals surface area contributed by atoms with Crippen molar-refractivity contribution >= 4 is 6.08 Å². The van der Waals surface area contributed by atoms with Crippen molar-refractivity contribution in [2.75, 3.05) is 0 Å². The van der Waals surface area contributed by atoms with Gasteiger partial charge >= 0.3 is 0 Å². The average molecular weight is 254 g/mol. The van der Waals surface area contributed by atoms with E-state index in [2.05, 4.69) is 31.7 Å². The van der Waals surface area contributed by atoms with Crippen molar-refractivity contribution in [3.63, 3.8) is 0 Å². The Balaban J connectivity index is 0.000000637. The monoisotopic (exact) mass is 254 g/mol. The fourth-order valence-electron chi connectivity index (χ4n) is 2.48. The van der Waals surface area contributed by atoms with E-state index in [0.29, 0.717) is 5.92 Å². The van der Waals surface area contributed by atoms with Gasteiger partial charge in [-0.2, -0.15) is 0 Å². The molecule has 0 amide bonds. The molecule has 0 saturated heterocycles. The lowest BCUT2D eigenvalue weighted by Gasteiger charge is -2.11. The number of ether oxygens (including phenoxy) is 1. The highest BCUT2D eigenvalue weighted by atomic mass is 16.5. The van der Waals surface area contributed by atoms with Crippen LogP contribution in [0.3, 0.4) is 0 Å². The van der Waals surface area contributed by atoms with E-state index in [-0.39, 0.29) is 0 Å². The Morgan fingerprint density at radius 1 is 1.16 bits per heavy atom. The predicted octanol–water partition coefficient (Wildman–Crippen LogP) is 5.07. The summed E-state index contributed by atoms with van der Waals surface area (Å²) in [7, 11) is 0. The lowest BCUT2D eigenvalue weighted by Crippen LogP contribution is -1.97. The fraction of sp³-hybridized carbons (Fsp3) is 0.333. The second-order valence-corrected chi connectivity index (χ2v) is 4.79. The van der Waals surface area contributed by atoms with Gasteiger partial charge in [0.1, 0.15) is 11.5 Å². The molecule has 3 unspecified atom stereocenters. The molecule has 1 aromatic carbocycles. The summed E-state index contributed by atoms with van der Waals surface area (Å²) in [4.78, 5) is 0. The van der Waals surface area contributed by atoms with Crippen LogP contribution in [0.15, 0.2) is 54.8 Å². The summed E-state index contributed by atoms with van der Waals surface area (Å²) in [5.74, 6) is 4.06. The number of para-hydroxylation sites is 1. The van der Waals surface area contributed by atoms with Gasteiger partial charge in [-0.15, -0.1) is 0 Å². The summed E-state index contributed by atoms with van der Waals surface area (Å²) in [6.07, 6.45) is 8.42. The van der Waals surface area contributed by atoms with Gasteiger partial charge in [0.15, 0.2) is 0 Å². The number of allylic oxidation sites excluding steroid dienone is 3. The number of benzene rings is 1. The highest BCUT2D eigenvalue weighted by molar-refractivity contribution is 5.56. The minimum Gasteiger partial charge on any atom is -0.457 e. The summed E-state index contributed by atoms with van der Waals surface area (Å²) in [5.41, 5.74) is 1.03. The van der Waals surface area contributed by atoms with Gasteiger partial charge in [0, 0.05) is 5.56 Å². The fourth-order valence-corrected chi connectivity index (χ4v) is 2.48. The number of hydrogen-bond donors (Lipinski definition) is 0. The Labute approximate surface area is 116 Å². The summed E-state index contributed by atoms with van der Waals surface area (Å²) in [6.45, 7) is 10.1. The van der Waals surface area contributed by atoms with Crippen LogP contribution in [-0.2, 0) is 0 Å². The van der Waals surface area contributed by atoms with Crippen LogP contribution in [0.2, 0.25) is 0 Å². The minimum absolute atomic E-state index is 0.686.